The number of esters is 1. The standard InChI is InChI=1S/C18H16N4O4S2/c1-2-26-14(23)10-27-18-22-21-17(28-18)20-16(25)12-8-9-13(19-15(12)24)11-6-4-3-5-7-11/h3-9H,2,10H2,1H3,(H,19,24)(H,20,21,25). The number of anilines is 1. The van der Waals surface area contributed by atoms with E-state index in [2.05, 4.69) is 20.5 Å². The van der Waals surface area contributed by atoms with Crippen molar-refractivity contribution < 1.29 is 14.3 Å². The van der Waals surface area contributed by atoms with Crippen LogP contribution in [0.5, 0.6) is 0 Å². The zero-order chi connectivity index (χ0) is 19.9. The first-order valence-corrected chi connectivity index (χ1v) is 10.1. The summed E-state index contributed by atoms with van der Waals surface area (Å²) in [6.45, 7) is 2.05. The minimum Gasteiger partial charge on any atom is -0.465 e. The third-order valence-corrected chi connectivity index (χ3v) is 5.43. The molecule has 2 aromatic heterocycles. The van der Waals surface area contributed by atoms with E-state index in [1.807, 2.05) is 30.3 Å². The zero-order valence-electron chi connectivity index (χ0n) is 14.8. The molecule has 2 N–H and O–H groups in total. The van der Waals surface area contributed by atoms with Crippen LogP contribution >= 0.6 is 23.1 Å². The molecule has 1 amide bonds. The lowest BCUT2D eigenvalue weighted by atomic mass is 10.1. The van der Waals surface area contributed by atoms with Crippen LogP contribution in [-0.4, -0.2) is 39.4 Å². The maximum Gasteiger partial charge on any atom is 0.316 e. The number of pyridine rings is 1. The molecule has 8 nitrogen and oxygen atoms in total. The molecule has 0 saturated carbocycles. The van der Waals surface area contributed by atoms with Crippen LogP contribution < -0.4 is 10.9 Å². The lowest BCUT2D eigenvalue weighted by molar-refractivity contribution is -0.139. The summed E-state index contributed by atoms with van der Waals surface area (Å²) < 4.78 is 5.35. The molecule has 0 aliphatic heterocycles. The molecule has 0 atom stereocenters. The smallest absolute Gasteiger partial charge is 0.316 e. The number of nitrogens with one attached hydrogen (secondary N) is 2. The molecule has 3 aromatic rings. The first-order chi connectivity index (χ1) is 13.6. The van der Waals surface area contributed by atoms with Gasteiger partial charge in [-0.2, -0.15) is 0 Å². The SMILES string of the molecule is CCOC(=O)CSc1nnc(NC(=O)c2ccc(-c3ccccc3)[nH]c2=O)s1. The first-order valence-electron chi connectivity index (χ1n) is 8.29. The first kappa shape index (κ1) is 19.8. The van der Waals surface area contributed by atoms with E-state index in [-0.39, 0.29) is 22.4 Å². The molecule has 0 saturated heterocycles. The molecule has 144 valence electrons. The molecule has 10 heteroatoms. The highest BCUT2D eigenvalue weighted by molar-refractivity contribution is 8.01. The third kappa shape index (κ3) is 5.05. The average molecular weight is 416 g/mol. The predicted molar refractivity (Wildman–Crippen MR) is 108 cm³/mol. The summed E-state index contributed by atoms with van der Waals surface area (Å²) in [4.78, 5) is 38.7. The number of aromatic amines is 1. The van der Waals surface area contributed by atoms with Crippen molar-refractivity contribution in [2.45, 2.75) is 11.3 Å². The van der Waals surface area contributed by atoms with Gasteiger partial charge in [-0.25, -0.2) is 0 Å². The van der Waals surface area contributed by atoms with Crippen molar-refractivity contribution in [2.24, 2.45) is 0 Å². The van der Waals surface area contributed by atoms with E-state index < -0.39 is 11.5 Å². The van der Waals surface area contributed by atoms with Crippen LogP contribution in [0.1, 0.15) is 17.3 Å². The van der Waals surface area contributed by atoms with Gasteiger partial charge in [-0.1, -0.05) is 53.4 Å². The minimum atomic E-state index is -0.584. The summed E-state index contributed by atoms with van der Waals surface area (Å²) in [6, 6.07) is 12.5. The highest BCUT2D eigenvalue weighted by Crippen LogP contribution is 2.25. The van der Waals surface area contributed by atoms with Gasteiger partial charge in [0.05, 0.1) is 12.4 Å². The molecule has 0 fully saturated rings. The number of ether oxygens (including phenoxy) is 1. The number of benzene rings is 1. The molecule has 3 rings (SSSR count). The number of thioether (sulfide) groups is 1. The molecular weight excluding hydrogens is 400 g/mol. The summed E-state index contributed by atoms with van der Waals surface area (Å²) in [7, 11) is 0. The monoisotopic (exact) mass is 416 g/mol. The second-order valence-corrected chi connectivity index (χ2v) is 7.60. The number of amides is 1. The predicted octanol–water partition coefficient (Wildman–Crippen LogP) is 2.80. The summed E-state index contributed by atoms with van der Waals surface area (Å²) >= 11 is 2.28. The van der Waals surface area contributed by atoms with Gasteiger partial charge < -0.3 is 9.72 Å². The normalized spacial score (nSPS) is 10.5. The van der Waals surface area contributed by atoms with Gasteiger partial charge in [0.15, 0.2) is 4.34 Å². The summed E-state index contributed by atoms with van der Waals surface area (Å²) in [5.74, 6) is -0.825. The Hall–Kier alpha value is -2.98. The third-order valence-electron chi connectivity index (χ3n) is 3.48. The van der Waals surface area contributed by atoms with Crippen molar-refractivity contribution in [1.29, 1.82) is 0 Å². The van der Waals surface area contributed by atoms with Crippen molar-refractivity contribution in [3.63, 3.8) is 0 Å². The number of carbonyl (C=O) groups is 2. The fourth-order valence-corrected chi connectivity index (χ4v) is 3.79. The summed E-state index contributed by atoms with van der Waals surface area (Å²) in [5, 5.41) is 10.5. The molecule has 28 heavy (non-hydrogen) atoms. The van der Waals surface area contributed by atoms with Crippen molar-refractivity contribution in [3.05, 3.63) is 58.4 Å². The largest absolute Gasteiger partial charge is 0.465 e. The minimum absolute atomic E-state index is 0.0318. The van der Waals surface area contributed by atoms with E-state index in [9.17, 15) is 14.4 Å². The Bertz CT molecular complexity index is 1030. The molecular formula is C18H16N4O4S2. The van der Waals surface area contributed by atoms with Crippen LogP contribution in [0.3, 0.4) is 0 Å². The van der Waals surface area contributed by atoms with E-state index in [0.717, 1.165) is 16.9 Å². The van der Waals surface area contributed by atoms with E-state index >= 15 is 0 Å². The number of aromatic nitrogens is 3. The highest BCUT2D eigenvalue weighted by Gasteiger charge is 2.15. The van der Waals surface area contributed by atoms with Crippen LogP contribution in [-0.2, 0) is 9.53 Å². The van der Waals surface area contributed by atoms with Gasteiger partial charge in [0.1, 0.15) is 5.56 Å². The average Bonchev–Trinajstić information content (AvgIpc) is 3.14. The maximum atomic E-state index is 12.4. The summed E-state index contributed by atoms with van der Waals surface area (Å²) in [6.07, 6.45) is 0. The van der Waals surface area contributed by atoms with Crippen LogP contribution in [0.2, 0.25) is 0 Å². The number of H-pyrrole nitrogens is 1. The molecule has 0 aliphatic carbocycles. The number of nitrogens with zero attached hydrogens (tertiary/aromatic N) is 2. The number of hydrogen-bond acceptors (Lipinski definition) is 8. The molecule has 0 spiro atoms. The number of carbonyl (C=O) groups excluding carboxylic acids is 2. The topological polar surface area (TPSA) is 114 Å². The van der Waals surface area contributed by atoms with Gasteiger partial charge in [-0.05, 0) is 24.6 Å². The second kappa shape index (κ2) is 9.29. The van der Waals surface area contributed by atoms with E-state index in [1.165, 1.54) is 17.8 Å². The summed E-state index contributed by atoms with van der Waals surface area (Å²) in [5.41, 5.74) is 0.936. The van der Waals surface area contributed by atoms with Gasteiger partial charge in [-0.15, -0.1) is 10.2 Å². The van der Waals surface area contributed by atoms with Crippen molar-refractivity contribution in [2.75, 3.05) is 17.7 Å². The Morgan fingerprint density at radius 1 is 1.18 bits per heavy atom. The van der Waals surface area contributed by atoms with Gasteiger partial charge in [-0.3, -0.25) is 19.7 Å². The van der Waals surface area contributed by atoms with Crippen LogP contribution in [0.25, 0.3) is 11.3 Å². The molecule has 1 aromatic carbocycles. The Balaban J connectivity index is 1.65. The Morgan fingerprint density at radius 2 is 1.96 bits per heavy atom. The molecule has 2 heterocycles. The fraction of sp³-hybridized carbons (Fsp3) is 0.167. The second-order valence-electron chi connectivity index (χ2n) is 5.40. The Labute approximate surface area is 168 Å². The number of rotatable bonds is 7. The molecule has 0 unspecified atom stereocenters. The Morgan fingerprint density at radius 3 is 2.68 bits per heavy atom. The van der Waals surface area contributed by atoms with Crippen molar-refractivity contribution in [3.8, 4) is 11.3 Å². The van der Waals surface area contributed by atoms with E-state index in [0.29, 0.717) is 16.6 Å². The molecule has 0 bridgehead atoms. The lowest BCUT2D eigenvalue weighted by Gasteiger charge is -2.04. The van der Waals surface area contributed by atoms with Crippen LogP contribution in [0.4, 0.5) is 5.13 Å². The van der Waals surface area contributed by atoms with E-state index in [4.69, 9.17) is 4.74 Å². The highest BCUT2D eigenvalue weighted by atomic mass is 32.2. The van der Waals surface area contributed by atoms with Gasteiger partial charge in [0.2, 0.25) is 5.13 Å². The maximum absolute atomic E-state index is 12.4. The van der Waals surface area contributed by atoms with Crippen LogP contribution in [0, 0.1) is 0 Å². The molecule has 0 radical (unpaired) electrons. The van der Waals surface area contributed by atoms with Crippen molar-refractivity contribution >= 4 is 40.1 Å². The fourth-order valence-electron chi connectivity index (χ4n) is 2.24. The van der Waals surface area contributed by atoms with Crippen molar-refractivity contribution in [1.82, 2.24) is 15.2 Å². The lowest BCUT2D eigenvalue weighted by Crippen LogP contribution is -2.23. The number of hydrogen-bond donors (Lipinski definition) is 2. The van der Waals surface area contributed by atoms with Gasteiger partial charge in [0, 0.05) is 5.69 Å². The van der Waals surface area contributed by atoms with E-state index in [1.54, 1.807) is 13.0 Å². The zero-order valence-corrected chi connectivity index (χ0v) is 16.4. The quantitative estimate of drug-likeness (QED) is 0.346. The van der Waals surface area contributed by atoms with Gasteiger partial charge >= 0.3 is 5.97 Å². The van der Waals surface area contributed by atoms with Crippen LogP contribution in [0.15, 0.2) is 51.6 Å². The van der Waals surface area contributed by atoms with Gasteiger partial charge in [0.25, 0.3) is 11.5 Å². The Kier molecular flexibility index (Phi) is 6.56. The molecule has 0 aliphatic rings.